The van der Waals surface area contributed by atoms with Gasteiger partial charge in [-0.2, -0.15) is 0 Å². The highest BCUT2D eigenvalue weighted by Gasteiger charge is 2.29. The zero-order chi connectivity index (χ0) is 12.7. The second kappa shape index (κ2) is 7.67. The molecule has 0 radical (unpaired) electrons. The Labute approximate surface area is 105 Å². The molecule has 1 fully saturated rings. The maximum atomic E-state index is 11.9. The van der Waals surface area contributed by atoms with Gasteiger partial charge in [-0.3, -0.25) is 4.79 Å². The Bertz CT molecular complexity index is 233. The second-order valence-corrected chi connectivity index (χ2v) is 4.97. The van der Waals surface area contributed by atoms with Gasteiger partial charge in [0.2, 0.25) is 5.91 Å². The molecule has 1 heterocycles. The van der Waals surface area contributed by atoms with Gasteiger partial charge < -0.3 is 15.5 Å². The van der Waals surface area contributed by atoms with Gasteiger partial charge in [-0.05, 0) is 32.0 Å². The van der Waals surface area contributed by atoms with Crippen molar-refractivity contribution in [2.24, 2.45) is 11.8 Å². The SMILES string of the molecule is CCCN(CC)CCNC(=O)[C@@H]1CNC[C@H]1C. The zero-order valence-corrected chi connectivity index (χ0v) is 11.5. The van der Waals surface area contributed by atoms with Gasteiger partial charge in [-0.25, -0.2) is 0 Å². The number of hydrogen-bond acceptors (Lipinski definition) is 3. The van der Waals surface area contributed by atoms with Crippen LogP contribution in [0.5, 0.6) is 0 Å². The van der Waals surface area contributed by atoms with Crippen LogP contribution in [-0.2, 0) is 4.79 Å². The molecule has 1 rings (SSSR count). The van der Waals surface area contributed by atoms with Crippen LogP contribution < -0.4 is 10.6 Å². The van der Waals surface area contributed by atoms with E-state index in [-0.39, 0.29) is 11.8 Å². The minimum atomic E-state index is 0.163. The third-order valence-corrected chi connectivity index (χ3v) is 3.57. The van der Waals surface area contributed by atoms with Crippen LogP contribution in [0.2, 0.25) is 0 Å². The van der Waals surface area contributed by atoms with E-state index in [1.54, 1.807) is 0 Å². The highest BCUT2D eigenvalue weighted by atomic mass is 16.1. The molecule has 1 aliphatic rings. The number of hydrogen-bond donors (Lipinski definition) is 2. The van der Waals surface area contributed by atoms with Crippen LogP contribution in [0.25, 0.3) is 0 Å². The molecule has 2 atom stereocenters. The van der Waals surface area contributed by atoms with Gasteiger partial charge in [-0.1, -0.05) is 20.8 Å². The zero-order valence-electron chi connectivity index (χ0n) is 11.5. The van der Waals surface area contributed by atoms with Crippen molar-refractivity contribution in [2.45, 2.75) is 27.2 Å². The minimum Gasteiger partial charge on any atom is -0.355 e. The molecule has 1 aliphatic heterocycles. The maximum absolute atomic E-state index is 11.9. The van der Waals surface area contributed by atoms with Crippen LogP contribution in [0.3, 0.4) is 0 Å². The molecular formula is C13H27N3O. The monoisotopic (exact) mass is 241 g/mol. The molecule has 2 N–H and O–H groups in total. The predicted molar refractivity (Wildman–Crippen MR) is 70.9 cm³/mol. The highest BCUT2D eigenvalue weighted by molar-refractivity contribution is 5.79. The quantitative estimate of drug-likeness (QED) is 0.689. The summed E-state index contributed by atoms with van der Waals surface area (Å²) in [6, 6.07) is 0. The van der Waals surface area contributed by atoms with Crippen molar-refractivity contribution in [3.8, 4) is 0 Å². The Morgan fingerprint density at radius 2 is 2.12 bits per heavy atom. The van der Waals surface area contributed by atoms with Crippen LogP contribution in [-0.4, -0.2) is 50.1 Å². The molecule has 4 nitrogen and oxygen atoms in total. The fourth-order valence-electron chi connectivity index (χ4n) is 2.37. The Kier molecular flexibility index (Phi) is 6.52. The van der Waals surface area contributed by atoms with Crippen molar-refractivity contribution in [3.63, 3.8) is 0 Å². The fourth-order valence-corrected chi connectivity index (χ4v) is 2.37. The summed E-state index contributed by atoms with van der Waals surface area (Å²) >= 11 is 0. The number of carbonyl (C=O) groups is 1. The van der Waals surface area contributed by atoms with Gasteiger partial charge in [0.1, 0.15) is 0 Å². The van der Waals surface area contributed by atoms with E-state index >= 15 is 0 Å². The molecular weight excluding hydrogens is 214 g/mol. The van der Waals surface area contributed by atoms with Crippen molar-refractivity contribution in [1.29, 1.82) is 0 Å². The van der Waals surface area contributed by atoms with Crippen molar-refractivity contribution in [1.82, 2.24) is 15.5 Å². The number of carbonyl (C=O) groups excluding carboxylic acids is 1. The molecule has 0 aromatic carbocycles. The fraction of sp³-hybridized carbons (Fsp3) is 0.923. The first-order chi connectivity index (χ1) is 8.19. The second-order valence-electron chi connectivity index (χ2n) is 4.97. The van der Waals surface area contributed by atoms with E-state index in [4.69, 9.17) is 0 Å². The first kappa shape index (κ1) is 14.5. The summed E-state index contributed by atoms with van der Waals surface area (Å²) in [5.74, 6) is 0.847. The van der Waals surface area contributed by atoms with E-state index in [1.807, 2.05) is 0 Å². The van der Waals surface area contributed by atoms with Gasteiger partial charge >= 0.3 is 0 Å². The average Bonchev–Trinajstić information content (AvgIpc) is 2.74. The Balaban J connectivity index is 2.19. The molecule has 0 bridgehead atoms. The van der Waals surface area contributed by atoms with E-state index in [9.17, 15) is 4.79 Å². The molecule has 4 heteroatoms. The lowest BCUT2D eigenvalue weighted by molar-refractivity contribution is -0.125. The minimum absolute atomic E-state index is 0.163. The van der Waals surface area contributed by atoms with Crippen molar-refractivity contribution in [3.05, 3.63) is 0 Å². The van der Waals surface area contributed by atoms with E-state index < -0.39 is 0 Å². The Hall–Kier alpha value is -0.610. The standard InChI is InChI=1S/C13H27N3O/c1-4-7-16(5-2)8-6-15-13(17)12-10-14-9-11(12)3/h11-12,14H,4-10H2,1-3H3,(H,15,17)/t11-,12-/m1/s1. The van der Waals surface area contributed by atoms with Crippen LogP contribution in [0.15, 0.2) is 0 Å². The van der Waals surface area contributed by atoms with Crippen molar-refractivity contribution >= 4 is 5.91 Å². The van der Waals surface area contributed by atoms with Gasteiger partial charge in [0.15, 0.2) is 0 Å². The van der Waals surface area contributed by atoms with Gasteiger partial charge in [0.05, 0.1) is 5.92 Å². The van der Waals surface area contributed by atoms with E-state index in [0.717, 1.165) is 39.3 Å². The first-order valence-electron chi connectivity index (χ1n) is 6.89. The lowest BCUT2D eigenvalue weighted by atomic mass is 9.97. The lowest BCUT2D eigenvalue weighted by Gasteiger charge is -2.20. The van der Waals surface area contributed by atoms with Crippen LogP contribution in [0, 0.1) is 11.8 Å². The molecule has 1 saturated heterocycles. The Morgan fingerprint density at radius 3 is 2.65 bits per heavy atom. The molecule has 100 valence electrons. The number of nitrogens with one attached hydrogen (secondary N) is 2. The summed E-state index contributed by atoms with van der Waals surface area (Å²) in [7, 11) is 0. The van der Waals surface area contributed by atoms with Gasteiger partial charge in [-0.15, -0.1) is 0 Å². The van der Waals surface area contributed by atoms with E-state index in [2.05, 4.69) is 36.3 Å². The van der Waals surface area contributed by atoms with Crippen LogP contribution in [0.1, 0.15) is 27.2 Å². The molecule has 0 unspecified atom stereocenters. The summed E-state index contributed by atoms with van der Waals surface area (Å²) in [6.45, 7) is 12.2. The molecule has 0 saturated carbocycles. The Morgan fingerprint density at radius 1 is 1.35 bits per heavy atom. The van der Waals surface area contributed by atoms with Gasteiger partial charge in [0, 0.05) is 19.6 Å². The van der Waals surface area contributed by atoms with E-state index in [0.29, 0.717) is 5.92 Å². The van der Waals surface area contributed by atoms with Crippen molar-refractivity contribution in [2.75, 3.05) is 39.3 Å². The number of amides is 1. The van der Waals surface area contributed by atoms with Crippen LogP contribution in [0.4, 0.5) is 0 Å². The third kappa shape index (κ3) is 4.64. The predicted octanol–water partition coefficient (Wildman–Crippen LogP) is 0.690. The molecule has 0 aliphatic carbocycles. The van der Waals surface area contributed by atoms with Gasteiger partial charge in [0.25, 0.3) is 0 Å². The summed E-state index contributed by atoms with van der Waals surface area (Å²) in [6.07, 6.45) is 1.17. The number of nitrogens with zero attached hydrogens (tertiary/aromatic N) is 1. The molecule has 17 heavy (non-hydrogen) atoms. The topological polar surface area (TPSA) is 44.4 Å². The molecule has 1 amide bonds. The molecule has 0 spiro atoms. The summed E-state index contributed by atoms with van der Waals surface area (Å²) in [5.41, 5.74) is 0. The summed E-state index contributed by atoms with van der Waals surface area (Å²) < 4.78 is 0. The molecule has 0 aromatic heterocycles. The largest absolute Gasteiger partial charge is 0.355 e. The maximum Gasteiger partial charge on any atom is 0.224 e. The number of likely N-dealkylation sites (N-methyl/N-ethyl adjacent to an activating group) is 1. The number of rotatable bonds is 7. The highest BCUT2D eigenvalue weighted by Crippen LogP contribution is 2.15. The smallest absolute Gasteiger partial charge is 0.224 e. The van der Waals surface area contributed by atoms with Crippen molar-refractivity contribution < 1.29 is 4.79 Å². The van der Waals surface area contributed by atoms with E-state index in [1.165, 1.54) is 6.42 Å². The normalized spacial score (nSPS) is 24.2. The lowest BCUT2D eigenvalue weighted by Crippen LogP contribution is -2.39. The third-order valence-electron chi connectivity index (χ3n) is 3.57. The molecule has 0 aromatic rings. The first-order valence-corrected chi connectivity index (χ1v) is 6.89. The summed E-state index contributed by atoms with van der Waals surface area (Å²) in [5, 5.41) is 6.32. The average molecular weight is 241 g/mol. The van der Waals surface area contributed by atoms with Crippen LogP contribution >= 0.6 is 0 Å². The summed E-state index contributed by atoms with van der Waals surface area (Å²) in [4.78, 5) is 14.3.